The van der Waals surface area contributed by atoms with Crippen LogP contribution in [0.1, 0.15) is 26.7 Å². The van der Waals surface area contributed by atoms with Crippen molar-refractivity contribution >= 4 is 47.1 Å². The molecule has 21 heavy (non-hydrogen) atoms. The van der Waals surface area contributed by atoms with Gasteiger partial charge in [0.25, 0.3) is 0 Å². The van der Waals surface area contributed by atoms with E-state index in [1.54, 1.807) is 0 Å². The molecular weight excluding hydrogens is 322 g/mol. The minimum atomic E-state index is -2.74. The first-order valence-corrected chi connectivity index (χ1v) is 6.72. The van der Waals surface area contributed by atoms with Crippen molar-refractivity contribution in [3.63, 3.8) is 0 Å². The number of rotatable bonds is 7. The zero-order valence-electron chi connectivity index (χ0n) is 11.6. The van der Waals surface area contributed by atoms with Gasteiger partial charge in [-0.25, -0.2) is 4.79 Å². The first-order valence-electron chi connectivity index (χ1n) is 5.87. The summed E-state index contributed by atoms with van der Waals surface area (Å²) < 4.78 is 0.690. The second-order valence-electron chi connectivity index (χ2n) is 3.93. The Bertz CT molecular complexity index is 380. The summed E-state index contributed by atoms with van der Waals surface area (Å²) in [5.41, 5.74) is -2.74. The largest absolute Gasteiger partial charge is 0.481 e. The molecule has 4 N–H and O–H groups in total. The maximum absolute atomic E-state index is 10.3. The van der Waals surface area contributed by atoms with Gasteiger partial charge in [0.1, 0.15) is 4.32 Å². The molecule has 10 heteroatoms. The quantitative estimate of drug-likeness (QED) is 0.327. The molecule has 8 nitrogen and oxygen atoms in total. The molecule has 0 saturated heterocycles. The van der Waals surface area contributed by atoms with Gasteiger partial charge >= 0.3 is 17.9 Å². The van der Waals surface area contributed by atoms with Crippen molar-refractivity contribution in [1.29, 1.82) is 0 Å². The zero-order valence-corrected chi connectivity index (χ0v) is 13.4. The molecule has 0 fully saturated rings. The molecule has 0 rings (SSSR count). The van der Waals surface area contributed by atoms with Gasteiger partial charge in [-0.3, -0.25) is 9.59 Å². The lowest BCUT2D eigenvalue weighted by molar-refractivity contribution is -0.170. The summed E-state index contributed by atoms with van der Waals surface area (Å²) in [6.07, 6.45) is -2.29. The van der Waals surface area contributed by atoms with Crippen molar-refractivity contribution in [2.45, 2.75) is 32.3 Å². The maximum Gasteiger partial charge on any atom is 0.336 e. The van der Waals surface area contributed by atoms with Crippen molar-refractivity contribution in [2.24, 2.45) is 0 Å². The number of aliphatic carboxylic acids is 3. The minimum absolute atomic E-state index is 0.690. The summed E-state index contributed by atoms with van der Waals surface area (Å²) in [6.45, 7) is 6.04. The van der Waals surface area contributed by atoms with Gasteiger partial charge in [0.05, 0.1) is 12.8 Å². The number of carbonyl (C=O) groups is 3. The molecule has 0 saturated carbocycles. The third kappa shape index (κ3) is 10.0. The Morgan fingerprint density at radius 1 is 1.05 bits per heavy atom. The lowest BCUT2D eigenvalue weighted by Crippen LogP contribution is -2.42. The van der Waals surface area contributed by atoms with E-state index >= 15 is 0 Å². The maximum atomic E-state index is 10.3. The predicted molar refractivity (Wildman–Crippen MR) is 81.6 cm³/mol. The molecule has 0 spiro atoms. The van der Waals surface area contributed by atoms with E-state index in [0.717, 1.165) is 13.1 Å². The average molecular weight is 341 g/mol. The number of carboxylic acids is 3. The van der Waals surface area contributed by atoms with Crippen LogP contribution in [0.3, 0.4) is 0 Å². The third-order valence-corrected chi connectivity index (χ3v) is 2.86. The van der Waals surface area contributed by atoms with Crippen LogP contribution in [0, 0.1) is 0 Å². The van der Waals surface area contributed by atoms with Crippen molar-refractivity contribution < 1.29 is 34.8 Å². The highest BCUT2D eigenvalue weighted by molar-refractivity contribution is 8.10. The van der Waals surface area contributed by atoms with Gasteiger partial charge in [-0.2, -0.15) is 0 Å². The molecule has 0 radical (unpaired) electrons. The van der Waals surface area contributed by atoms with E-state index in [1.807, 2.05) is 4.90 Å². The molecule has 0 aromatic rings. The van der Waals surface area contributed by atoms with Gasteiger partial charge in [0, 0.05) is 13.1 Å². The molecule has 0 heterocycles. The van der Waals surface area contributed by atoms with Crippen molar-refractivity contribution in [3.8, 4) is 0 Å². The second kappa shape index (κ2) is 10.4. The Morgan fingerprint density at radius 3 is 1.48 bits per heavy atom. The summed E-state index contributed by atoms with van der Waals surface area (Å²) in [5.74, 6) is -5.02. The van der Waals surface area contributed by atoms with Gasteiger partial charge in [-0.1, -0.05) is 12.2 Å². The van der Waals surface area contributed by atoms with Gasteiger partial charge < -0.3 is 25.3 Å². The summed E-state index contributed by atoms with van der Waals surface area (Å²) in [6, 6.07) is 0. The molecule has 0 aliphatic rings. The molecule has 0 aromatic carbocycles. The number of thiocarbonyl (C=S) groups is 1. The Balaban J connectivity index is 0. The topological polar surface area (TPSA) is 135 Å². The van der Waals surface area contributed by atoms with E-state index < -0.39 is 36.4 Å². The molecule has 122 valence electrons. The number of hydrogen-bond acceptors (Lipinski definition) is 5. The number of thiol groups is 1. The van der Waals surface area contributed by atoms with Crippen LogP contribution in [0.5, 0.6) is 0 Å². The van der Waals surface area contributed by atoms with Crippen molar-refractivity contribution in [3.05, 3.63) is 0 Å². The monoisotopic (exact) mass is 341 g/mol. The van der Waals surface area contributed by atoms with E-state index in [-0.39, 0.29) is 0 Å². The van der Waals surface area contributed by atoms with Crippen molar-refractivity contribution in [2.75, 3.05) is 13.1 Å². The van der Waals surface area contributed by atoms with Crippen LogP contribution >= 0.6 is 24.8 Å². The first kappa shape index (κ1) is 21.9. The highest BCUT2D eigenvalue weighted by Crippen LogP contribution is 2.15. The minimum Gasteiger partial charge on any atom is -0.481 e. The molecule has 0 amide bonds. The highest BCUT2D eigenvalue weighted by atomic mass is 32.1. The van der Waals surface area contributed by atoms with Crippen LogP contribution in [0.25, 0.3) is 0 Å². The Kier molecular flexibility index (Phi) is 10.8. The van der Waals surface area contributed by atoms with Crippen LogP contribution in [0.2, 0.25) is 0 Å². The van der Waals surface area contributed by atoms with Crippen molar-refractivity contribution in [1.82, 2.24) is 4.90 Å². The Hall–Kier alpha value is -1.39. The molecule has 0 atom stereocenters. The van der Waals surface area contributed by atoms with E-state index in [9.17, 15) is 14.4 Å². The lowest BCUT2D eigenvalue weighted by Gasteiger charge is -2.18. The van der Waals surface area contributed by atoms with Gasteiger partial charge in [0.2, 0.25) is 0 Å². The van der Waals surface area contributed by atoms with Crippen LogP contribution in [0.4, 0.5) is 0 Å². The third-order valence-electron chi connectivity index (χ3n) is 2.32. The standard InChI is InChI=1S/C6H8O7.C5H11NS2/c7-3(8)1-6(13,5(11)12)2-4(9)10;1-3-6(4-2)5(7)8/h13H,1-2H2,(H,7,8)(H,9,10)(H,11,12);3-4H2,1-2H3,(H,7,8). The Labute approximate surface area is 132 Å². The summed E-state index contributed by atoms with van der Waals surface area (Å²) in [5, 5.41) is 33.8. The van der Waals surface area contributed by atoms with E-state index in [1.165, 1.54) is 0 Å². The number of hydrogen-bond donors (Lipinski definition) is 5. The zero-order chi connectivity index (χ0) is 17.2. The van der Waals surface area contributed by atoms with Gasteiger partial charge in [-0.05, 0) is 13.8 Å². The molecule has 0 aliphatic carbocycles. The highest BCUT2D eigenvalue weighted by Gasteiger charge is 2.40. The summed E-state index contributed by atoms with van der Waals surface area (Å²) in [4.78, 5) is 32.5. The smallest absolute Gasteiger partial charge is 0.336 e. The molecule has 0 unspecified atom stereocenters. The Morgan fingerprint density at radius 2 is 1.38 bits per heavy atom. The van der Waals surface area contributed by atoms with Crippen LogP contribution in [0.15, 0.2) is 0 Å². The molecule has 0 bridgehead atoms. The average Bonchev–Trinajstić information content (AvgIpc) is 2.28. The summed E-state index contributed by atoms with van der Waals surface area (Å²) in [7, 11) is 0. The first-order chi connectivity index (χ1) is 9.50. The SMILES string of the molecule is CCN(CC)C(=S)S.O=C(O)CC(O)(CC(=O)O)C(=O)O. The lowest BCUT2D eigenvalue weighted by atomic mass is 9.96. The van der Waals surface area contributed by atoms with Crippen LogP contribution in [-0.2, 0) is 14.4 Å². The molecule has 0 aliphatic heterocycles. The normalized spacial score (nSPS) is 10.1. The van der Waals surface area contributed by atoms with E-state index in [2.05, 4.69) is 26.5 Å². The molecular formula is C11H19NO7S2. The fourth-order valence-electron chi connectivity index (χ4n) is 1.21. The van der Waals surface area contributed by atoms with Gasteiger partial charge in [-0.15, -0.1) is 12.6 Å². The van der Waals surface area contributed by atoms with E-state index in [4.69, 9.17) is 32.6 Å². The predicted octanol–water partition coefficient (Wildman–Crippen LogP) is 0.294. The summed E-state index contributed by atoms with van der Waals surface area (Å²) >= 11 is 8.82. The van der Waals surface area contributed by atoms with Crippen LogP contribution < -0.4 is 0 Å². The fraction of sp³-hybridized carbons (Fsp3) is 0.636. The molecule has 0 aromatic heterocycles. The van der Waals surface area contributed by atoms with Gasteiger partial charge in [0.15, 0.2) is 5.60 Å². The van der Waals surface area contributed by atoms with E-state index in [0.29, 0.717) is 4.32 Å². The second-order valence-corrected chi connectivity index (χ2v) is 5.05. The number of carboxylic acid groups (broad SMARTS) is 3. The fourth-order valence-corrected chi connectivity index (χ4v) is 1.75. The van der Waals surface area contributed by atoms with Crippen LogP contribution in [-0.4, -0.2) is 66.2 Å². The number of aliphatic hydroxyl groups is 1. The number of nitrogens with zero attached hydrogens (tertiary/aromatic N) is 1.